The number of nitrogens with zero attached hydrogens (tertiary/aromatic N) is 2. The summed E-state index contributed by atoms with van der Waals surface area (Å²) in [6.45, 7) is 0. The lowest BCUT2D eigenvalue weighted by Gasteiger charge is -1.98. The molecule has 5 heteroatoms. The van der Waals surface area contributed by atoms with Gasteiger partial charge in [-0.15, -0.1) is 0 Å². The average molecular weight is 229 g/mol. The lowest BCUT2D eigenvalue weighted by molar-refractivity contribution is 0.103. The van der Waals surface area contributed by atoms with E-state index < -0.39 is 0 Å². The zero-order valence-electron chi connectivity index (χ0n) is 8.18. The van der Waals surface area contributed by atoms with E-state index in [4.69, 9.17) is 5.26 Å². The summed E-state index contributed by atoms with van der Waals surface area (Å²) < 4.78 is 0. The van der Waals surface area contributed by atoms with E-state index in [2.05, 4.69) is 10.2 Å². The summed E-state index contributed by atoms with van der Waals surface area (Å²) in [7, 11) is 0. The van der Waals surface area contributed by atoms with Crippen LogP contribution in [-0.2, 0) is 0 Å². The van der Waals surface area contributed by atoms with E-state index in [1.165, 1.54) is 6.20 Å². The first kappa shape index (κ1) is 10.5. The van der Waals surface area contributed by atoms with E-state index in [1.807, 2.05) is 11.5 Å². The molecule has 1 aromatic heterocycles. The lowest BCUT2D eigenvalue weighted by Crippen LogP contribution is -2.02. The standard InChI is InChI=1S/C11H7N3OS/c12-7-16-9-6-13-14-10(9)11(15)8-4-2-1-3-5-8/h1-6H,(H,13,14). The first-order valence-corrected chi connectivity index (χ1v) is 5.33. The highest BCUT2D eigenvalue weighted by Crippen LogP contribution is 2.21. The number of aromatic nitrogens is 2. The van der Waals surface area contributed by atoms with E-state index in [1.54, 1.807) is 24.3 Å². The zero-order valence-corrected chi connectivity index (χ0v) is 8.99. The minimum absolute atomic E-state index is 0.157. The Labute approximate surface area is 96.3 Å². The first-order valence-electron chi connectivity index (χ1n) is 4.52. The van der Waals surface area contributed by atoms with Gasteiger partial charge in [0.25, 0.3) is 0 Å². The third kappa shape index (κ3) is 1.97. The summed E-state index contributed by atoms with van der Waals surface area (Å²) in [6, 6.07) is 8.88. The molecule has 2 aromatic rings. The maximum absolute atomic E-state index is 12.0. The number of carbonyl (C=O) groups excluding carboxylic acids is 1. The minimum atomic E-state index is -0.157. The van der Waals surface area contributed by atoms with Crippen LogP contribution in [0.15, 0.2) is 41.4 Å². The van der Waals surface area contributed by atoms with Crippen molar-refractivity contribution >= 4 is 17.5 Å². The second-order valence-corrected chi connectivity index (χ2v) is 3.82. The number of carbonyl (C=O) groups is 1. The number of aromatic amines is 1. The number of hydrogen-bond donors (Lipinski definition) is 1. The molecule has 16 heavy (non-hydrogen) atoms. The average Bonchev–Trinajstić information content (AvgIpc) is 2.78. The van der Waals surface area contributed by atoms with E-state index >= 15 is 0 Å². The minimum Gasteiger partial charge on any atom is -0.287 e. The Bertz CT molecular complexity index is 542. The zero-order chi connectivity index (χ0) is 11.4. The van der Waals surface area contributed by atoms with Crippen molar-refractivity contribution in [2.45, 2.75) is 4.90 Å². The molecule has 0 atom stereocenters. The molecule has 0 aliphatic rings. The fourth-order valence-corrected chi connectivity index (χ4v) is 1.74. The first-order chi connectivity index (χ1) is 7.83. The highest BCUT2D eigenvalue weighted by atomic mass is 32.2. The Kier molecular flexibility index (Phi) is 3.03. The van der Waals surface area contributed by atoms with Crippen LogP contribution < -0.4 is 0 Å². The van der Waals surface area contributed by atoms with Gasteiger partial charge in [0, 0.05) is 5.56 Å². The van der Waals surface area contributed by atoms with Crippen LogP contribution in [-0.4, -0.2) is 16.0 Å². The maximum Gasteiger partial charge on any atom is 0.211 e. The number of rotatable bonds is 3. The normalized spacial score (nSPS) is 9.69. The summed E-state index contributed by atoms with van der Waals surface area (Å²) in [5.74, 6) is -0.157. The molecule has 0 fully saturated rings. The van der Waals surface area contributed by atoms with Gasteiger partial charge >= 0.3 is 0 Å². The van der Waals surface area contributed by atoms with Gasteiger partial charge < -0.3 is 0 Å². The lowest BCUT2D eigenvalue weighted by atomic mass is 10.1. The molecule has 0 bridgehead atoms. The fourth-order valence-electron chi connectivity index (χ4n) is 1.30. The van der Waals surface area contributed by atoms with Crippen LogP contribution >= 0.6 is 11.8 Å². The van der Waals surface area contributed by atoms with Crippen LogP contribution in [0.5, 0.6) is 0 Å². The summed E-state index contributed by atoms with van der Waals surface area (Å²) in [5, 5.41) is 16.9. The van der Waals surface area contributed by atoms with Crippen molar-refractivity contribution in [3.63, 3.8) is 0 Å². The van der Waals surface area contributed by atoms with Crippen LogP contribution in [0, 0.1) is 10.7 Å². The topological polar surface area (TPSA) is 69.5 Å². The summed E-state index contributed by atoms with van der Waals surface area (Å²) in [5.41, 5.74) is 0.935. The largest absolute Gasteiger partial charge is 0.287 e. The summed E-state index contributed by atoms with van der Waals surface area (Å²) in [4.78, 5) is 12.6. The predicted molar refractivity (Wildman–Crippen MR) is 59.9 cm³/mol. The Morgan fingerprint density at radius 1 is 1.38 bits per heavy atom. The highest BCUT2D eigenvalue weighted by molar-refractivity contribution is 8.03. The highest BCUT2D eigenvalue weighted by Gasteiger charge is 2.15. The Morgan fingerprint density at radius 3 is 2.81 bits per heavy atom. The number of benzene rings is 1. The predicted octanol–water partition coefficient (Wildman–Crippen LogP) is 2.21. The summed E-state index contributed by atoms with van der Waals surface area (Å²) in [6.07, 6.45) is 1.48. The molecular formula is C11H7N3OS. The molecule has 0 unspecified atom stereocenters. The number of thioether (sulfide) groups is 1. The Morgan fingerprint density at radius 2 is 2.12 bits per heavy atom. The molecule has 1 N–H and O–H groups in total. The van der Waals surface area contributed by atoms with Gasteiger partial charge in [0.05, 0.1) is 11.1 Å². The molecule has 0 spiro atoms. The van der Waals surface area contributed by atoms with Crippen LogP contribution in [0.2, 0.25) is 0 Å². The van der Waals surface area contributed by atoms with Crippen LogP contribution in [0.3, 0.4) is 0 Å². The molecule has 0 saturated carbocycles. The SMILES string of the molecule is N#CSc1cn[nH]c1C(=O)c1ccccc1. The number of nitriles is 1. The molecule has 4 nitrogen and oxygen atoms in total. The number of H-pyrrole nitrogens is 1. The van der Waals surface area contributed by atoms with E-state index in [0.29, 0.717) is 16.2 Å². The van der Waals surface area contributed by atoms with Gasteiger partial charge in [-0.1, -0.05) is 30.3 Å². The maximum atomic E-state index is 12.0. The van der Waals surface area contributed by atoms with Gasteiger partial charge in [-0.3, -0.25) is 9.89 Å². The number of hydrogen-bond acceptors (Lipinski definition) is 4. The molecule has 0 aliphatic carbocycles. The van der Waals surface area contributed by atoms with Gasteiger partial charge in [0.1, 0.15) is 11.1 Å². The van der Waals surface area contributed by atoms with Gasteiger partial charge in [-0.2, -0.15) is 10.4 Å². The van der Waals surface area contributed by atoms with Crippen molar-refractivity contribution in [2.24, 2.45) is 0 Å². The molecule has 0 amide bonds. The van der Waals surface area contributed by atoms with E-state index in [0.717, 1.165) is 11.8 Å². The molecule has 1 aromatic carbocycles. The number of thiocyanates is 1. The van der Waals surface area contributed by atoms with Crippen molar-refractivity contribution in [1.82, 2.24) is 10.2 Å². The van der Waals surface area contributed by atoms with E-state index in [9.17, 15) is 4.79 Å². The second-order valence-electron chi connectivity index (χ2n) is 3.00. The van der Waals surface area contributed by atoms with Crippen molar-refractivity contribution in [3.8, 4) is 5.40 Å². The molecule has 2 rings (SSSR count). The number of ketones is 1. The van der Waals surface area contributed by atoms with Gasteiger partial charge in [-0.25, -0.2) is 0 Å². The van der Waals surface area contributed by atoms with Gasteiger partial charge in [-0.05, 0) is 11.8 Å². The Balaban J connectivity index is 2.35. The van der Waals surface area contributed by atoms with Gasteiger partial charge in [0.15, 0.2) is 0 Å². The Hall–Kier alpha value is -2.06. The molecule has 0 radical (unpaired) electrons. The van der Waals surface area contributed by atoms with Crippen molar-refractivity contribution in [1.29, 1.82) is 5.26 Å². The fraction of sp³-hybridized carbons (Fsp3) is 0. The van der Waals surface area contributed by atoms with Gasteiger partial charge in [0.2, 0.25) is 5.78 Å². The molecule has 1 heterocycles. The van der Waals surface area contributed by atoms with Crippen molar-refractivity contribution in [3.05, 3.63) is 47.8 Å². The smallest absolute Gasteiger partial charge is 0.211 e. The van der Waals surface area contributed by atoms with Crippen molar-refractivity contribution in [2.75, 3.05) is 0 Å². The molecular weight excluding hydrogens is 222 g/mol. The van der Waals surface area contributed by atoms with E-state index in [-0.39, 0.29) is 5.78 Å². The third-order valence-electron chi connectivity index (χ3n) is 2.02. The van der Waals surface area contributed by atoms with Crippen LogP contribution in [0.25, 0.3) is 0 Å². The number of nitrogens with one attached hydrogen (secondary N) is 1. The third-order valence-corrected chi connectivity index (χ3v) is 2.64. The van der Waals surface area contributed by atoms with Crippen LogP contribution in [0.4, 0.5) is 0 Å². The second kappa shape index (κ2) is 4.64. The van der Waals surface area contributed by atoms with Crippen LogP contribution in [0.1, 0.15) is 16.1 Å². The molecule has 0 saturated heterocycles. The molecule has 0 aliphatic heterocycles. The molecule has 78 valence electrons. The monoisotopic (exact) mass is 229 g/mol. The quantitative estimate of drug-likeness (QED) is 0.497. The summed E-state index contributed by atoms with van der Waals surface area (Å²) >= 11 is 0.923. The van der Waals surface area contributed by atoms with Crippen molar-refractivity contribution < 1.29 is 4.79 Å².